The van der Waals surface area contributed by atoms with Gasteiger partial charge in [0.05, 0.1) is 0 Å². The maximum Gasteiger partial charge on any atom is 0.163 e. The van der Waals surface area contributed by atoms with E-state index < -0.39 is 0 Å². The van der Waals surface area contributed by atoms with Gasteiger partial charge in [-0.1, -0.05) is 10.8 Å². The Balaban J connectivity index is 1.96. The van der Waals surface area contributed by atoms with E-state index in [0.717, 1.165) is 18.6 Å². The van der Waals surface area contributed by atoms with Gasteiger partial charge in [0.25, 0.3) is 0 Å². The van der Waals surface area contributed by atoms with Crippen LogP contribution in [0.1, 0.15) is 12.8 Å². The fourth-order valence-electron chi connectivity index (χ4n) is 0.811. The Hall–Kier alpha value is 0.580. The molecule has 0 amide bonds. The summed E-state index contributed by atoms with van der Waals surface area (Å²) in [7, 11) is 1.54. The van der Waals surface area contributed by atoms with Gasteiger partial charge < -0.3 is 14.2 Å². The third-order valence-corrected chi connectivity index (χ3v) is 2.37. The van der Waals surface area contributed by atoms with E-state index in [2.05, 4.69) is 11.7 Å². The molecule has 0 aliphatic carbocycles. The molecular weight excluding hydrogens is 184 g/mol. The van der Waals surface area contributed by atoms with Gasteiger partial charge in [-0.05, 0) is 12.8 Å². The molecular formula is C6H12O3S2. The zero-order valence-corrected chi connectivity index (χ0v) is 7.90. The average Bonchev–Trinajstić information content (AvgIpc) is 2.07. The minimum atomic E-state index is -0.0655. The first-order chi connectivity index (χ1) is 5.43. The molecule has 0 spiro atoms. The molecule has 0 aromatic carbocycles. The normalized spacial score (nSPS) is 20.5. The fraction of sp³-hybridized carbons (Fsp3) is 1.00. The molecule has 11 heavy (non-hydrogen) atoms. The molecule has 1 heterocycles. The summed E-state index contributed by atoms with van der Waals surface area (Å²) in [5, 5.41) is 0. The van der Waals surface area contributed by atoms with Crippen LogP contribution in [-0.4, -0.2) is 25.6 Å². The summed E-state index contributed by atoms with van der Waals surface area (Å²) < 4.78 is 15.1. The van der Waals surface area contributed by atoms with E-state index in [1.165, 1.54) is 0 Å². The van der Waals surface area contributed by atoms with Crippen molar-refractivity contribution < 1.29 is 14.2 Å². The quantitative estimate of drug-likeness (QED) is 0.420. The Morgan fingerprint density at radius 1 is 1.36 bits per heavy atom. The van der Waals surface area contributed by atoms with E-state index in [-0.39, 0.29) is 6.29 Å². The first-order valence-electron chi connectivity index (χ1n) is 3.51. The second-order valence-electron chi connectivity index (χ2n) is 2.18. The van der Waals surface area contributed by atoms with Crippen molar-refractivity contribution in [2.45, 2.75) is 19.1 Å². The van der Waals surface area contributed by atoms with Gasteiger partial charge >= 0.3 is 0 Å². The largest absolute Gasteiger partial charge is 0.329 e. The monoisotopic (exact) mass is 196 g/mol. The highest BCUT2D eigenvalue weighted by Gasteiger charge is 2.12. The lowest BCUT2D eigenvalue weighted by atomic mass is 10.3. The molecule has 1 rings (SSSR count). The standard InChI is InChI=1S/C6H12O3S2/c10-11-3-1-2-6-8-4-7-5-9-6/h6,10H,1-5H2. The smallest absolute Gasteiger partial charge is 0.163 e. The SMILES string of the molecule is SSCCCC1OCOCO1. The molecule has 0 radical (unpaired) electrons. The average molecular weight is 196 g/mol. The minimum absolute atomic E-state index is 0.0655. The van der Waals surface area contributed by atoms with Gasteiger partial charge in [0.15, 0.2) is 19.9 Å². The van der Waals surface area contributed by atoms with Crippen LogP contribution in [0.4, 0.5) is 0 Å². The van der Waals surface area contributed by atoms with Crippen molar-refractivity contribution in [3.63, 3.8) is 0 Å². The van der Waals surface area contributed by atoms with E-state index in [1.807, 2.05) is 0 Å². The number of ether oxygens (including phenoxy) is 3. The Labute approximate surface area is 75.6 Å². The zero-order chi connectivity index (χ0) is 7.94. The Bertz CT molecular complexity index is 95.8. The molecule has 0 saturated carbocycles. The maximum atomic E-state index is 5.15. The van der Waals surface area contributed by atoms with Crippen LogP contribution in [0.15, 0.2) is 0 Å². The molecule has 0 unspecified atom stereocenters. The Morgan fingerprint density at radius 2 is 2.09 bits per heavy atom. The summed E-state index contributed by atoms with van der Waals surface area (Å²) in [6, 6.07) is 0. The summed E-state index contributed by atoms with van der Waals surface area (Å²) in [5.74, 6) is 1.03. The van der Waals surface area contributed by atoms with Gasteiger partial charge in [0, 0.05) is 5.75 Å². The zero-order valence-electron chi connectivity index (χ0n) is 6.19. The van der Waals surface area contributed by atoms with Crippen LogP contribution in [0.3, 0.4) is 0 Å². The van der Waals surface area contributed by atoms with Crippen LogP contribution < -0.4 is 0 Å². The number of hydrogen-bond donors (Lipinski definition) is 1. The van der Waals surface area contributed by atoms with Gasteiger partial charge in [-0.25, -0.2) is 0 Å². The highest BCUT2D eigenvalue weighted by molar-refractivity contribution is 8.68. The van der Waals surface area contributed by atoms with Crippen LogP contribution in [0.5, 0.6) is 0 Å². The summed E-state index contributed by atoms with van der Waals surface area (Å²) in [6.07, 6.45) is 1.93. The van der Waals surface area contributed by atoms with Gasteiger partial charge in [-0.3, -0.25) is 0 Å². The lowest BCUT2D eigenvalue weighted by Gasteiger charge is -2.22. The van der Waals surface area contributed by atoms with Gasteiger partial charge in [-0.2, -0.15) is 0 Å². The fourth-order valence-corrected chi connectivity index (χ4v) is 1.49. The molecule has 1 aliphatic heterocycles. The summed E-state index contributed by atoms with van der Waals surface area (Å²) >= 11 is 4.03. The molecule has 66 valence electrons. The first-order valence-corrected chi connectivity index (χ1v) is 5.54. The molecule has 1 aliphatic rings. The molecule has 0 aromatic heterocycles. The van der Waals surface area contributed by atoms with E-state index >= 15 is 0 Å². The number of thiol groups is 1. The first kappa shape index (κ1) is 9.67. The van der Waals surface area contributed by atoms with Crippen LogP contribution in [0.2, 0.25) is 0 Å². The minimum Gasteiger partial charge on any atom is -0.329 e. The molecule has 0 N–H and O–H groups in total. The third-order valence-electron chi connectivity index (χ3n) is 1.35. The van der Waals surface area contributed by atoms with Crippen molar-refractivity contribution in [2.24, 2.45) is 0 Å². The van der Waals surface area contributed by atoms with Crippen LogP contribution >= 0.6 is 22.5 Å². The molecule has 0 bridgehead atoms. The van der Waals surface area contributed by atoms with Crippen molar-refractivity contribution in [2.75, 3.05) is 19.3 Å². The molecule has 3 nitrogen and oxygen atoms in total. The van der Waals surface area contributed by atoms with E-state index in [1.54, 1.807) is 10.8 Å². The molecule has 0 atom stereocenters. The van der Waals surface area contributed by atoms with Gasteiger partial charge in [0.2, 0.25) is 0 Å². The number of hydrogen-bond acceptors (Lipinski definition) is 5. The predicted octanol–water partition coefficient (Wildman–Crippen LogP) is 1.65. The van der Waals surface area contributed by atoms with Crippen molar-refractivity contribution in [1.29, 1.82) is 0 Å². The number of rotatable bonds is 4. The Kier molecular flexibility index (Phi) is 5.39. The van der Waals surface area contributed by atoms with E-state index in [4.69, 9.17) is 14.2 Å². The highest BCUT2D eigenvalue weighted by Crippen LogP contribution is 2.13. The van der Waals surface area contributed by atoms with Crippen LogP contribution in [-0.2, 0) is 14.2 Å². The second-order valence-corrected chi connectivity index (χ2v) is 3.62. The van der Waals surface area contributed by atoms with Crippen LogP contribution in [0.25, 0.3) is 0 Å². The molecule has 0 aromatic rings. The molecule has 1 fully saturated rings. The third kappa shape index (κ3) is 4.22. The van der Waals surface area contributed by atoms with Crippen molar-refractivity contribution in [1.82, 2.24) is 0 Å². The lowest BCUT2D eigenvalue weighted by molar-refractivity contribution is -0.300. The molecule has 1 saturated heterocycles. The second kappa shape index (κ2) is 6.14. The van der Waals surface area contributed by atoms with Gasteiger partial charge in [-0.15, -0.1) is 11.7 Å². The molecule has 5 heteroatoms. The lowest BCUT2D eigenvalue weighted by Crippen LogP contribution is -2.26. The van der Waals surface area contributed by atoms with Crippen LogP contribution in [0, 0.1) is 0 Å². The summed E-state index contributed by atoms with van der Waals surface area (Å²) in [6.45, 7) is 0.720. The summed E-state index contributed by atoms with van der Waals surface area (Å²) in [5.41, 5.74) is 0. The highest BCUT2D eigenvalue weighted by atomic mass is 33.1. The van der Waals surface area contributed by atoms with Crippen molar-refractivity contribution in [3.8, 4) is 0 Å². The van der Waals surface area contributed by atoms with Crippen molar-refractivity contribution in [3.05, 3.63) is 0 Å². The maximum absolute atomic E-state index is 5.15. The van der Waals surface area contributed by atoms with Crippen molar-refractivity contribution >= 4 is 22.5 Å². The van der Waals surface area contributed by atoms with E-state index in [0.29, 0.717) is 13.6 Å². The van der Waals surface area contributed by atoms with Gasteiger partial charge in [0.1, 0.15) is 0 Å². The predicted molar refractivity (Wildman–Crippen MR) is 47.5 cm³/mol. The Morgan fingerprint density at radius 3 is 2.73 bits per heavy atom. The topological polar surface area (TPSA) is 27.7 Å². The van der Waals surface area contributed by atoms with E-state index in [9.17, 15) is 0 Å². The summed E-state index contributed by atoms with van der Waals surface area (Å²) in [4.78, 5) is 0.